The molecule has 0 radical (unpaired) electrons. The van der Waals surface area contributed by atoms with Gasteiger partial charge in [0.1, 0.15) is 0 Å². The molecule has 1 N–H and O–H groups in total. The lowest BCUT2D eigenvalue weighted by molar-refractivity contribution is 0.102. The van der Waals surface area contributed by atoms with Crippen molar-refractivity contribution in [3.8, 4) is 17.0 Å². The van der Waals surface area contributed by atoms with Crippen LogP contribution in [0.1, 0.15) is 10.4 Å². The van der Waals surface area contributed by atoms with E-state index in [1.807, 2.05) is 0 Å². The number of carbonyl (C=O) groups is 1. The Bertz CT molecular complexity index is 997. The van der Waals surface area contributed by atoms with Gasteiger partial charge in [0.25, 0.3) is 11.5 Å². The highest BCUT2D eigenvalue weighted by Crippen LogP contribution is 2.28. The van der Waals surface area contributed by atoms with Gasteiger partial charge in [-0.25, -0.2) is 9.37 Å². The Balaban J connectivity index is 1.79. The number of nitrogens with one attached hydrogen (secondary N) is 1. The summed E-state index contributed by atoms with van der Waals surface area (Å²) in [5, 5.41) is 4.70. The van der Waals surface area contributed by atoms with Crippen LogP contribution in [0.2, 0.25) is 0 Å². The first kappa shape index (κ1) is 16.8. The van der Waals surface area contributed by atoms with Crippen LogP contribution in [0.5, 0.6) is 5.75 Å². The van der Waals surface area contributed by atoms with Crippen LogP contribution in [-0.2, 0) is 7.05 Å². The maximum atomic E-state index is 13.8. The minimum Gasteiger partial charge on any atom is -0.494 e. The molecule has 0 unspecified atom stereocenters. The molecule has 0 aliphatic carbocycles. The molecule has 0 bridgehead atoms. The summed E-state index contributed by atoms with van der Waals surface area (Å²) in [6.07, 6.45) is 1.52. The summed E-state index contributed by atoms with van der Waals surface area (Å²) in [4.78, 5) is 28.1. The van der Waals surface area contributed by atoms with Gasteiger partial charge in [-0.1, -0.05) is 0 Å². The van der Waals surface area contributed by atoms with Gasteiger partial charge >= 0.3 is 0 Å². The first-order valence-corrected chi connectivity index (χ1v) is 8.13. The second-order valence-electron chi connectivity index (χ2n) is 5.21. The number of pyridine rings is 1. The van der Waals surface area contributed by atoms with Gasteiger partial charge < -0.3 is 9.30 Å². The number of aryl methyl sites for hydroxylation is 1. The standard InChI is InChI=1S/C17H14FN3O3S/c1-21-6-5-11(8-15(21)22)16(23)20-17-19-13(9-25-17)10-3-4-14(24-2)12(18)7-10/h3-9H,1-2H3,(H,19,20,23). The first-order chi connectivity index (χ1) is 12.0. The lowest BCUT2D eigenvalue weighted by Crippen LogP contribution is -2.19. The lowest BCUT2D eigenvalue weighted by Gasteiger charge is -2.04. The molecule has 0 atom stereocenters. The molecule has 1 amide bonds. The Morgan fingerprint density at radius 1 is 1.32 bits per heavy atom. The average Bonchev–Trinajstić information content (AvgIpc) is 3.05. The Hall–Kier alpha value is -3.00. The molecule has 25 heavy (non-hydrogen) atoms. The van der Waals surface area contributed by atoms with E-state index in [1.165, 1.54) is 47.4 Å². The van der Waals surface area contributed by atoms with Crippen molar-refractivity contribution in [2.24, 2.45) is 7.05 Å². The van der Waals surface area contributed by atoms with Crippen molar-refractivity contribution in [1.82, 2.24) is 9.55 Å². The van der Waals surface area contributed by atoms with Crippen molar-refractivity contribution in [2.75, 3.05) is 12.4 Å². The van der Waals surface area contributed by atoms with Crippen LogP contribution in [0.25, 0.3) is 11.3 Å². The zero-order chi connectivity index (χ0) is 18.0. The van der Waals surface area contributed by atoms with Crippen LogP contribution in [-0.4, -0.2) is 22.6 Å². The lowest BCUT2D eigenvalue weighted by atomic mass is 10.1. The Morgan fingerprint density at radius 3 is 2.80 bits per heavy atom. The van der Waals surface area contributed by atoms with E-state index in [0.717, 1.165) is 0 Å². The van der Waals surface area contributed by atoms with Crippen molar-refractivity contribution in [3.63, 3.8) is 0 Å². The van der Waals surface area contributed by atoms with Crippen molar-refractivity contribution in [1.29, 1.82) is 0 Å². The number of anilines is 1. The fourth-order valence-electron chi connectivity index (χ4n) is 2.15. The fraction of sp³-hybridized carbons (Fsp3) is 0.118. The number of rotatable bonds is 4. The van der Waals surface area contributed by atoms with Crippen molar-refractivity contribution < 1.29 is 13.9 Å². The van der Waals surface area contributed by atoms with E-state index in [4.69, 9.17) is 4.74 Å². The Kier molecular flexibility index (Phi) is 4.62. The van der Waals surface area contributed by atoms with Crippen LogP contribution in [0.4, 0.5) is 9.52 Å². The van der Waals surface area contributed by atoms with Gasteiger partial charge in [-0.2, -0.15) is 0 Å². The van der Waals surface area contributed by atoms with E-state index in [0.29, 0.717) is 16.4 Å². The normalized spacial score (nSPS) is 10.5. The van der Waals surface area contributed by atoms with Gasteiger partial charge in [-0.05, 0) is 24.3 Å². The smallest absolute Gasteiger partial charge is 0.257 e. The molecule has 0 saturated carbocycles. The molecule has 0 spiro atoms. The molecule has 0 aliphatic rings. The van der Waals surface area contributed by atoms with E-state index in [9.17, 15) is 14.0 Å². The largest absolute Gasteiger partial charge is 0.494 e. The first-order valence-electron chi connectivity index (χ1n) is 7.25. The third kappa shape index (κ3) is 3.58. The molecule has 3 aromatic rings. The van der Waals surface area contributed by atoms with E-state index < -0.39 is 11.7 Å². The van der Waals surface area contributed by atoms with Crippen LogP contribution in [0.3, 0.4) is 0 Å². The highest BCUT2D eigenvalue weighted by molar-refractivity contribution is 7.14. The number of nitrogens with zero attached hydrogens (tertiary/aromatic N) is 2. The minimum absolute atomic E-state index is 0.151. The van der Waals surface area contributed by atoms with E-state index >= 15 is 0 Å². The molecule has 0 aliphatic heterocycles. The number of aromatic nitrogens is 2. The number of hydrogen-bond acceptors (Lipinski definition) is 5. The Morgan fingerprint density at radius 2 is 2.12 bits per heavy atom. The number of methoxy groups -OCH3 is 1. The summed E-state index contributed by atoms with van der Waals surface area (Å²) in [6.45, 7) is 0. The number of halogens is 1. The number of amides is 1. The summed E-state index contributed by atoms with van der Waals surface area (Å²) in [5.41, 5.74) is 1.07. The number of hydrogen-bond donors (Lipinski definition) is 1. The third-order valence-corrected chi connectivity index (χ3v) is 4.30. The van der Waals surface area contributed by atoms with Gasteiger partial charge in [0.2, 0.25) is 0 Å². The van der Waals surface area contributed by atoms with Gasteiger partial charge in [0.15, 0.2) is 16.7 Å². The number of ether oxygens (including phenoxy) is 1. The number of benzene rings is 1. The molecule has 0 saturated heterocycles. The van der Waals surface area contributed by atoms with Gasteiger partial charge in [0.05, 0.1) is 12.8 Å². The zero-order valence-electron chi connectivity index (χ0n) is 13.4. The molecule has 1 aromatic carbocycles. The summed E-state index contributed by atoms with van der Waals surface area (Å²) in [7, 11) is 3.00. The van der Waals surface area contributed by atoms with Crippen LogP contribution in [0, 0.1) is 5.82 Å². The highest BCUT2D eigenvalue weighted by Gasteiger charge is 2.12. The average molecular weight is 359 g/mol. The van der Waals surface area contributed by atoms with Gasteiger partial charge in [0, 0.05) is 35.8 Å². The van der Waals surface area contributed by atoms with Gasteiger partial charge in [-0.3, -0.25) is 14.9 Å². The van der Waals surface area contributed by atoms with Crippen LogP contribution in [0.15, 0.2) is 46.7 Å². The second-order valence-corrected chi connectivity index (χ2v) is 6.06. The summed E-state index contributed by atoms with van der Waals surface area (Å²) < 4.78 is 20.0. The third-order valence-electron chi connectivity index (χ3n) is 3.54. The Labute approximate surface area is 146 Å². The summed E-state index contributed by atoms with van der Waals surface area (Å²) in [5.74, 6) is -0.767. The van der Waals surface area contributed by atoms with E-state index in [2.05, 4.69) is 10.3 Å². The monoisotopic (exact) mass is 359 g/mol. The molecule has 0 fully saturated rings. The van der Waals surface area contributed by atoms with E-state index in [-0.39, 0.29) is 16.9 Å². The SMILES string of the molecule is COc1ccc(-c2csc(NC(=O)c3ccn(C)c(=O)c3)n2)cc1F. The molecule has 2 heterocycles. The molecular formula is C17H14FN3O3S. The maximum Gasteiger partial charge on any atom is 0.257 e. The van der Waals surface area contributed by atoms with Gasteiger partial charge in [-0.15, -0.1) is 11.3 Å². The van der Waals surface area contributed by atoms with E-state index in [1.54, 1.807) is 24.6 Å². The van der Waals surface area contributed by atoms with Crippen molar-refractivity contribution in [3.05, 3.63) is 63.6 Å². The minimum atomic E-state index is -0.487. The summed E-state index contributed by atoms with van der Waals surface area (Å²) in [6, 6.07) is 7.32. The molecular weight excluding hydrogens is 345 g/mol. The molecule has 128 valence electrons. The van der Waals surface area contributed by atoms with Crippen molar-refractivity contribution >= 4 is 22.4 Å². The van der Waals surface area contributed by atoms with Crippen LogP contribution >= 0.6 is 11.3 Å². The zero-order valence-corrected chi connectivity index (χ0v) is 14.3. The van der Waals surface area contributed by atoms with Crippen molar-refractivity contribution in [2.45, 2.75) is 0 Å². The predicted octanol–water partition coefficient (Wildman–Crippen LogP) is 2.91. The second kappa shape index (κ2) is 6.86. The highest BCUT2D eigenvalue weighted by atomic mass is 32.1. The fourth-order valence-corrected chi connectivity index (χ4v) is 2.86. The number of carbonyl (C=O) groups excluding carboxylic acids is 1. The topological polar surface area (TPSA) is 73.2 Å². The quantitative estimate of drug-likeness (QED) is 0.777. The predicted molar refractivity (Wildman–Crippen MR) is 93.7 cm³/mol. The molecule has 3 rings (SSSR count). The summed E-state index contributed by atoms with van der Waals surface area (Å²) >= 11 is 1.21. The molecule has 2 aromatic heterocycles. The number of thiazole rings is 1. The maximum absolute atomic E-state index is 13.8. The molecule has 6 nitrogen and oxygen atoms in total. The molecule has 8 heteroatoms. The van der Waals surface area contributed by atoms with Crippen LogP contribution < -0.4 is 15.6 Å².